The van der Waals surface area contributed by atoms with Crippen LogP contribution in [0.15, 0.2) is 36.4 Å². The molecule has 43 heavy (non-hydrogen) atoms. The van der Waals surface area contributed by atoms with Gasteiger partial charge in [-0.2, -0.15) is 9.97 Å². The van der Waals surface area contributed by atoms with E-state index in [2.05, 4.69) is 58.1 Å². The molecule has 1 aromatic heterocycles. The summed E-state index contributed by atoms with van der Waals surface area (Å²) in [7, 11) is 2.15. The number of anilines is 2. The molecule has 0 aliphatic carbocycles. The zero-order chi connectivity index (χ0) is 29.5. The standard InChI is InChI=1S/C33H42N6O4/c1-36-15-4-10-26(36)21-43-32-34-28-20-37(29-11-3-8-22-6-2-7-23(30(22)29)9-5-17-40)16-14-27(28)31(35-32)38-18-24-12-13-25(19-38)39(24)33(41)42/h2-3,6-8,11,24-26,40H,4-5,9-10,12-21H2,1H3,(H,41,42)/t24-,25+,26?. The number of piperazine rings is 1. The molecule has 7 rings (SSSR count). The third kappa shape index (κ3) is 5.35. The molecule has 2 N–H and O–H groups in total. The second kappa shape index (κ2) is 11.8. The number of ether oxygens (including phenoxy) is 1. The molecule has 1 unspecified atom stereocenters. The second-order valence-electron chi connectivity index (χ2n) is 12.6. The number of aliphatic hydroxyl groups is 1. The molecule has 5 heterocycles. The van der Waals surface area contributed by atoms with Gasteiger partial charge in [0.05, 0.1) is 24.3 Å². The van der Waals surface area contributed by atoms with Crippen molar-refractivity contribution in [2.75, 3.05) is 56.2 Å². The highest BCUT2D eigenvalue weighted by Gasteiger charge is 2.44. The summed E-state index contributed by atoms with van der Waals surface area (Å²) in [6.45, 7) is 4.62. The topological polar surface area (TPSA) is 106 Å². The molecule has 0 radical (unpaired) electrons. The van der Waals surface area contributed by atoms with Gasteiger partial charge in [-0.1, -0.05) is 30.3 Å². The van der Waals surface area contributed by atoms with Gasteiger partial charge in [0.25, 0.3) is 0 Å². The Labute approximate surface area is 252 Å². The Morgan fingerprint density at radius 3 is 2.53 bits per heavy atom. The summed E-state index contributed by atoms with van der Waals surface area (Å²) in [5.74, 6) is 0.919. The monoisotopic (exact) mass is 586 g/mol. The fraction of sp³-hybridized carbons (Fsp3) is 0.545. The minimum atomic E-state index is -0.814. The summed E-state index contributed by atoms with van der Waals surface area (Å²) >= 11 is 0. The lowest BCUT2D eigenvalue weighted by Gasteiger charge is -2.41. The van der Waals surface area contributed by atoms with Gasteiger partial charge in [-0.15, -0.1) is 0 Å². The highest BCUT2D eigenvalue weighted by Crippen LogP contribution is 2.38. The zero-order valence-electron chi connectivity index (χ0n) is 25.0. The molecule has 2 bridgehead atoms. The number of aliphatic hydroxyl groups excluding tert-OH is 1. The summed E-state index contributed by atoms with van der Waals surface area (Å²) in [4.78, 5) is 30.7. The molecule has 3 aromatic rings. The molecule has 228 valence electrons. The van der Waals surface area contributed by atoms with Crippen molar-refractivity contribution < 1.29 is 19.7 Å². The molecule has 3 saturated heterocycles. The highest BCUT2D eigenvalue weighted by atomic mass is 16.5. The van der Waals surface area contributed by atoms with Gasteiger partial charge in [0.1, 0.15) is 12.4 Å². The van der Waals surface area contributed by atoms with Crippen LogP contribution in [0.1, 0.15) is 48.9 Å². The normalized spacial score (nSPS) is 23.7. The summed E-state index contributed by atoms with van der Waals surface area (Å²) in [5, 5.41) is 21.8. The van der Waals surface area contributed by atoms with E-state index < -0.39 is 6.09 Å². The minimum absolute atomic E-state index is 0.00788. The van der Waals surface area contributed by atoms with Crippen LogP contribution >= 0.6 is 0 Å². The Morgan fingerprint density at radius 2 is 1.81 bits per heavy atom. The third-order valence-corrected chi connectivity index (χ3v) is 10.0. The van der Waals surface area contributed by atoms with Crippen molar-refractivity contribution in [2.24, 2.45) is 0 Å². The summed E-state index contributed by atoms with van der Waals surface area (Å²) in [6.07, 6.45) is 5.64. The van der Waals surface area contributed by atoms with E-state index in [4.69, 9.17) is 14.7 Å². The van der Waals surface area contributed by atoms with E-state index in [-0.39, 0.29) is 18.7 Å². The maximum atomic E-state index is 12.0. The fourth-order valence-electron chi connectivity index (χ4n) is 7.81. The largest absolute Gasteiger partial charge is 0.465 e. The van der Waals surface area contributed by atoms with Crippen molar-refractivity contribution in [3.63, 3.8) is 0 Å². The first kappa shape index (κ1) is 28.2. The number of benzene rings is 2. The first-order chi connectivity index (χ1) is 21.0. The van der Waals surface area contributed by atoms with E-state index >= 15 is 0 Å². The first-order valence-electron chi connectivity index (χ1n) is 15.9. The molecular weight excluding hydrogens is 544 g/mol. The van der Waals surface area contributed by atoms with Crippen molar-refractivity contribution in [1.82, 2.24) is 19.8 Å². The Bertz CT molecular complexity index is 1480. The van der Waals surface area contributed by atoms with E-state index in [1.807, 2.05) is 0 Å². The SMILES string of the molecule is CN1CCCC1COc1nc2c(c(N3C[C@H]4CC[C@@H](C3)N4C(=O)O)n1)CCN(c1cccc3cccc(CCCO)c13)C2. The van der Waals surface area contributed by atoms with Crippen LogP contribution in [0.5, 0.6) is 6.01 Å². The Hall–Kier alpha value is -3.63. The molecule has 0 spiro atoms. The number of rotatable bonds is 8. The quantitative estimate of drug-likeness (QED) is 0.406. The summed E-state index contributed by atoms with van der Waals surface area (Å²) in [5.41, 5.74) is 4.60. The molecular formula is C33H42N6O4. The van der Waals surface area contributed by atoms with Gasteiger partial charge in [0, 0.05) is 48.9 Å². The molecule has 3 atom stereocenters. The average Bonchev–Trinajstić information content (AvgIpc) is 3.56. The maximum Gasteiger partial charge on any atom is 0.407 e. The molecule has 0 saturated carbocycles. The van der Waals surface area contributed by atoms with E-state index in [0.717, 1.165) is 68.7 Å². The number of carboxylic acid groups (broad SMARTS) is 1. The van der Waals surface area contributed by atoms with E-state index in [1.165, 1.54) is 28.4 Å². The van der Waals surface area contributed by atoms with Crippen LogP contribution in [-0.2, 0) is 19.4 Å². The van der Waals surface area contributed by atoms with Gasteiger partial charge in [-0.3, -0.25) is 4.90 Å². The summed E-state index contributed by atoms with van der Waals surface area (Å²) < 4.78 is 6.32. The zero-order valence-corrected chi connectivity index (χ0v) is 25.0. The molecule has 2 aromatic carbocycles. The number of likely N-dealkylation sites (tertiary alicyclic amines) is 1. The van der Waals surface area contributed by atoms with Crippen LogP contribution in [0.3, 0.4) is 0 Å². The second-order valence-corrected chi connectivity index (χ2v) is 12.6. The fourth-order valence-corrected chi connectivity index (χ4v) is 7.81. The molecule has 3 fully saturated rings. The number of hydrogen-bond donors (Lipinski definition) is 2. The lowest BCUT2D eigenvalue weighted by molar-refractivity contribution is 0.114. The number of aryl methyl sites for hydroxylation is 1. The van der Waals surface area contributed by atoms with E-state index in [9.17, 15) is 15.0 Å². The van der Waals surface area contributed by atoms with Gasteiger partial charge in [0.2, 0.25) is 0 Å². The Morgan fingerprint density at radius 1 is 1.02 bits per heavy atom. The number of aromatic nitrogens is 2. The number of hydrogen-bond acceptors (Lipinski definition) is 8. The molecule has 4 aliphatic rings. The van der Waals surface area contributed by atoms with Crippen molar-refractivity contribution in [1.29, 1.82) is 0 Å². The lowest BCUT2D eigenvalue weighted by Crippen LogP contribution is -2.56. The van der Waals surface area contributed by atoms with Crippen molar-refractivity contribution in [3.05, 3.63) is 53.2 Å². The van der Waals surface area contributed by atoms with E-state index in [1.54, 1.807) is 4.90 Å². The molecule has 4 aliphatic heterocycles. The van der Waals surface area contributed by atoms with Gasteiger partial charge in [-0.05, 0) is 75.6 Å². The van der Waals surface area contributed by atoms with Gasteiger partial charge in [-0.25, -0.2) is 4.79 Å². The number of carbonyl (C=O) groups is 1. The predicted molar refractivity (Wildman–Crippen MR) is 166 cm³/mol. The maximum absolute atomic E-state index is 12.0. The third-order valence-electron chi connectivity index (χ3n) is 10.0. The first-order valence-corrected chi connectivity index (χ1v) is 15.9. The smallest absolute Gasteiger partial charge is 0.407 e. The van der Waals surface area contributed by atoms with Crippen LogP contribution in [-0.4, -0.2) is 101 Å². The Balaban J connectivity index is 1.22. The number of fused-ring (bicyclic) bond motifs is 4. The predicted octanol–water partition coefficient (Wildman–Crippen LogP) is 3.92. The van der Waals surface area contributed by atoms with Crippen LogP contribution in [0, 0.1) is 0 Å². The molecule has 1 amide bonds. The number of likely N-dealkylation sites (N-methyl/N-ethyl adjacent to an activating group) is 1. The summed E-state index contributed by atoms with van der Waals surface area (Å²) in [6, 6.07) is 13.7. The van der Waals surface area contributed by atoms with Gasteiger partial charge < -0.3 is 29.6 Å². The van der Waals surface area contributed by atoms with Crippen LogP contribution in [0.2, 0.25) is 0 Å². The Kier molecular flexibility index (Phi) is 7.73. The van der Waals surface area contributed by atoms with E-state index in [0.29, 0.717) is 38.3 Å². The number of nitrogens with zero attached hydrogens (tertiary/aromatic N) is 6. The van der Waals surface area contributed by atoms with Crippen molar-refractivity contribution in [2.45, 2.75) is 69.6 Å². The van der Waals surface area contributed by atoms with Gasteiger partial charge >= 0.3 is 12.1 Å². The average molecular weight is 587 g/mol. The lowest BCUT2D eigenvalue weighted by atomic mass is 9.97. The minimum Gasteiger partial charge on any atom is -0.465 e. The molecule has 10 heteroatoms. The van der Waals surface area contributed by atoms with Gasteiger partial charge in [0.15, 0.2) is 0 Å². The van der Waals surface area contributed by atoms with Crippen LogP contribution in [0.4, 0.5) is 16.3 Å². The molecule has 10 nitrogen and oxygen atoms in total. The van der Waals surface area contributed by atoms with Crippen molar-refractivity contribution in [3.8, 4) is 6.01 Å². The number of amides is 1. The van der Waals surface area contributed by atoms with Crippen LogP contribution < -0.4 is 14.5 Å². The van der Waals surface area contributed by atoms with Crippen LogP contribution in [0.25, 0.3) is 10.8 Å². The van der Waals surface area contributed by atoms with Crippen molar-refractivity contribution >= 4 is 28.4 Å². The highest BCUT2D eigenvalue weighted by molar-refractivity contribution is 5.97.